The molecule has 3 nitrogen and oxygen atoms in total. The van der Waals surface area contributed by atoms with Crippen molar-refractivity contribution in [3.8, 4) is 0 Å². The predicted octanol–water partition coefficient (Wildman–Crippen LogP) is 5.07. The van der Waals surface area contributed by atoms with Crippen molar-refractivity contribution in [2.45, 2.75) is 6.18 Å². The van der Waals surface area contributed by atoms with Crippen molar-refractivity contribution in [2.75, 3.05) is 10.8 Å². The van der Waals surface area contributed by atoms with Gasteiger partial charge in [-0.25, -0.2) is 0 Å². The summed E-state index contributed by atoms with van der Waals surface area (Å²) in [5.41, 5.74) is 0.156. The molecule has 0 radical (unpaired) electrons. The molecule has 0 bridgehead atoms. The molecule has 0 atom stereocenters. The molecule has 0 spiro atoms. The van der Waals surface area contributed by atoms with E-state index >= 15 is 0 Å². The number of rotatable bonds is 2. The largest absolute Gasteiger partial charge is 0.416 e. The zero-order chi connectivity index (χ0) is 17.3. The summed E-state index contributed by atoms with van der Waals surface area (Å²) in [6.45, 7) is 0. The number of hydrogen-bond acceptors (Lipinski definition) is 2. The van der Waals surface area contributed by atoms with Crippen LogP contribution in [0.2, 0.25) is 5.02 Å². The summed E-state index contributed by atoms with van der Waals surface area (Å²) < 4.78 is 37.6. The molecule has 0 aliphatic carbocycles. The fourth-order valence-electron chi connectivity index (χ4n) is 2.04. The number of hydrogen-bond donors (Lipinski definition) is 0. The van der Waals surface area contributed by atoms with Crippen molar-refractivity contribution in [3.05, 3.63) is 64.7 Å². The molecular weight excluding hydrogens is 361 g/mol. The summed E-state index contributed by atoms with van der Waals surface area (Å²) in [5, 5.41) is 1.11. The summed E-state index contributed by atoms with van der Waals surface area (Å²) in [6, 6.07) is 11.1. The highest BCUT2D eigenvalue weighted by Gasteiger charge is 2.30. The topological polar surface area (TPSA) is 32.7 Å². The maximum absolute atomic E-state index is 12.5. The van der Waals surface area contributed by atoms with Crippen LogP contribution in [0.25, 0.3) is 0 Å². The zero-order valence-electron chi connectivity index (χ0n) is 12.0. The minimum atomic E-state index is -4.43. The van der Waals surface area contributed by atoms with E-state index in [0.29, 0.717) is 16.1 Å². The van der Waals surface area contributed by atoms with Crippen molar-refractivity contribution in [3.63, 3.8) is 0 Å². The first-order valence-electron chi connectivity index (χ1n) is 6.81. The zero-order valence-corrected chi connectivity index (χ0v) is 13.6. The van der Waals surface area contributed by atoms with Gasteiger partial charge in [0.2, 0.25) is 0 Å². The van der Waals surface area contributed by atoms with Crippen LogP contribution in [-0.4, -0.2) is 17.0 Å². The number of carbonyl (C=O) groups excluding carboxylic acids is 1. The molecule has 0 unspecified atom stereocenters. The molecule has 0 saturated carbocycles. The van der Waals surface area contributed by atoms with Gasteiger partial charge in [-0.05, 0) is 48.5 Å². The van der Waals surface area contributed by atoms with Crippen LogP contribution in [0.1, 0.15) is 15.9 Å². The second kappa shape index (κ2) is 6.49. The molecule has 1 heterocycles. The van der Waals surface area contributed by atoms with Gasteiger partial charge in [-0.15, -0.1) is 0 Å². The molecule has 3 rings (SSSR count). The third-order valence-corrected chi connectivity index (χ3v) is 4.56. The first-order valence-corrected chi connectivity index (χ1v) is 8.17. The molecule has 1 saturated heterocycles. The Hall–Kier alpha value is -1.99. The van der Waals surface area contributed by atoms with E-state index in [1.54, 1.807) is 24.3 Å². The number of amidine groups is 1. The van der Waals surface area contributed by atoms with E-state index in [2.05, 4.69) is 4.99 Å². The van der Waals surface area contributed by atoms with Crippen LogP contribution < -0.4 is 4.90 Å². The van der Waals surface area contributed by atoms with E-state index in [1.165, 1.54) is 11.8 Å². The monoisotopic (exact) mass is 370 g/mol. The molecule has 8 heteroatoms. The molecule has 124 valence electrons. The number of aliphatic imine (C=N–C) groups is 1. The molecule has 2 aromatic rings. The smallest absolute Gasteiger partial charge is 0.311 e. The predicted molar refractivity (Wildman–Crippen MR) is 89.6 cm³/mol. The maximum atomic E-state index is 12.5. The lowest BCUT2D eigenvalue weighted by atomic mass is 10.1. The first kappa shape index (κ1) is 16.9. The molecule has 1 aliphatic rings. The Balaban J connectivity index is 1.76. The van der Waals surface area contributed by atoms with E-state index in [-0.39, 0.29) is 5.56 Å². The van der Waals surface area contributed by atoms with Gasteiger partial charge in [-0.1, -0.05) is 23.4 Å². The van der Waals surface area contributed by atoms with E-state index < -0.39 is 17.6 Å². The number of carbonyl (C=O) groups is 1. The van der Waals surface area contributed by atoms with Gasteiger partial charge in [0.15, 0.2) is 5.17 Å². The highest BCUT2D eigenvalue weighted by atomic mass is 35.5. The van der Waals surface area contributed by atoms with Gasteiger partial charge in [0.1, 0.15) is 0 Å². The van der Waals surface area contributed by atoms with Crippen molar-refractivity contribution < 1.29 is 18.0 Å². The Morgan fingerprint density at radius 1 is 1.08 bits per heavy atom. The second-order valence-electron chi connectivity index (χ2n) is 4.95. The third-order valence-electron chi connectivity index (χ3n) is 3.35. The van der Waals surface area contributed by atoms with Crippen LogP contribution in [0.15, 0.2) is 53.5 Å². The second-order valence-corrected chi connectivity index (χ2v) is 6.30. The van der Waals surface area contributed by atoms with Crippen LogP contribution in [0.5, 0.6) is 0 Å². The fourth-order valence-corrected chi connectivity index (χ4v) is 2.94. The summed E-state index contributed by atoms with van der Waals surface area (Å²) in [4.78, 5) is 17.9. The number of amides is 1. The normalized spacial score (nSPS) is 16.2. The molecule has 1 aliphatic heterocycles. The van der Waals surface area contributed by atoms with Crippen molar-refractivity contribution in [2.24, 2.45) is 4.99 Å². The van der Waals surface area contributed by atoms with Crippen molar-refractivity contribution in [1.82, 2.24) is 0 Å². The minimum absolute atomic E-state index is 0.110. The van der Waals surface area contributed by atoms with Gasteiger partial charge in [0.05, 0.1) is 11.4 Å². The third kappa shape index (κ3) is 3.57. The van der Waals surface area contributed by atoms with Crippen LogP contribution >= 0.6 is 23.4 Å². The Morgan fingerprint density at radius 3 is 2.21 bits per heavy atom. The number of alkyl halides is 3. The maximum Gasteiger partial charge on any atom is 0.416 e. The number of anilines is 1. The Morgan fingerprint density at radius 2 is 1.71 bits per heavy atom. The first-order chi connectivity index (χ1) is 11.3. The minimum Gasteiger partial charge on any atom is -0.311 e. The van der Waals surface area contributed by atoms with E-state index in [0.717, 1.165) is 30.0 Å². The molecule has 1 fully saturated rings. The number of benzene rings is 2. The summed E-state index contributed by atoms with van der Waals surface area (Å²) >= 11 is 7.22. The quantitative estimate of drug-likeness (QED) is 0.740. The highest BCUT2D eigenvalue weighted by Crippen LogP contribution is 2.32. The van der Waals surface area contributed by atoms with Crippen LogP contribution in [-0.2, 0) is 6.18 Å². The van der Waals surface area contributed by atoms with E-state index in [4.69, 9.17) is 11.6 Å². The lowest BCUT2D eigenvalue weighted by Gasteiger charge is -2.33. The van der Waals surface area contributed by atoms with Gasteiger partial charge >= 0.3 is 6.18 Å². The molecule has 0 aromatic heterocycles. The average Bonchev–Trinajstić information content (AvgIpc) is 2.53. The number of thioether (sulfide) groups is 1. The Bertz CT molecular complexity index is 788. The van der Waals surface area contributed by atoms with Crippen LogP contribution in [0.4, 0.5) is 18.9 Å². The van der Waals surface area contributed by atoms with E-state index in [1.807, 2.05) is 4.90 Å². The van der Waals surface area contributed by atoms with Crippen molar-refractivity contribution >= 4 is 40.1 Å². The molecule has 1 amide bonds. The number of nitrogens with zero attached hydrogens (tertiary/aromatic N) is 2. The van der Waals surface area contributed by atoms with Gasteiger partial charge in [-0.3, -0.25) is 4.79 Å². The molecular formula is C16H10ClF3N2OS. The molecule has 2 aromatic carbocycles. The lowest BCUT2D eigenvalue weighted by Crippen LogP contribution is -2.39. The molecule has 0 N–H and O–H groups in total. The fraction of sp³-hybridized carbons (Fsp3) is 0.125. The highest BCUT2D eigenvalue weighted by molar-refractivity contribution is 8.16. The Kier molecular flexibility index (Phi) is 4.56. The summed E-state index contributed by atoms with van der Waals surface area (Å²) in [5.74, 6) is 0.0608. The summed E-state index contributed by atoms with van der Waals surface area (Å²) in [7, 11) is 0. The van der Waals surface area contributed by atoms with Crippen LogP contribution in [0, 0.1) is 0 Å². The van der Waals surface area contributed by atoms with Gasteiger partial charge in [-0.2, -0.15) is 18.2 Å². The van der Waals surface area contributed by atoms with E-state index in [9.17, 15) is 18.0 Å². The SMILES string of the molecule is O=C(N=C1SCN1c1ccc(Cl)cc1)c1ccc(C(F)(F)F)cc1. The Labute approximate surface area is 145 Å². The average molecular weight is 371 g/mol. The van der Waals surface area contributed by atoms with Gasteiger partial charge < -0.3 is 4.90 Å². The van der Waals surface area contributed by atoms with Crippen LogP contribution in [0.3, 0.4) is 0 Å². The van der Waals surface area contributed by atoms with Gasteiger partial charge in [0, 0.05) is 16.3 Å². The molecule has 24 heavy (non-hydrogen) atoms. The van der Waals surface area contributed by atoms with Gasteiger partial charge in [0.25, 0.3) is 5.91 Å². The number of halogens is 4. The summed E-state index contributed by atoms with van der Waals surface area (Å²) in [6.07, 6.45) is -4.43. The lowest BCUT2D eigenvalue weighted by molar-refractivity contribution is -0.137. The standard InChI is InChI=1S/C16H10ClF3N2OS/c17-12-5-7-13(8-6-12)22-9-24-15(22)21-14(23)10-1-3-11(4-2-10)16(18,19)20/h1-8H,9H2. The van der Waals surface area contributed by atoms with Crippen molar-refractivity contribution in [1.29, 1.82) is 0 Å².